The Balaban J connectivity index is 1.91. The van der Waals surface area contributed by atoms with Crippen LogP contribution in [0.4, 0.5) is 5.69 Å². The van der Waals surface area contributed by atoms with Gasteiger partial charge in [-0.3, -0.25) is 9.29 Å². The first-order valence-electron chi connectivity index (χ1n) is 8.72. The molecule has 0 aliphatic rings. The average molecular weight is 382 g/mol. The first-order chi connectivity index (χ1) is 13.0. The molecule has 6 heteroatoms. The van der Waals surface area contributed by atoms with Gasteiger partial charge in [0, 0.05) is 18.5 Å². The Morgan fingerprint density at radius 1 is 1.00 bits per heavy atom. The van der Waals surface area contributed by atoms with Crippen molar-refractivity contribution in [2.45, 2.75) is 20.4 Å². The van der Waals surface area contributed by atoms with Gasteiger partial charge in [0.15, 0.2) is 0 Å². The molecule has 1 aromatic heterocycles. The summed E-state index contributed by atoms with van der Waals surface area (Å²) in [6, 6.07) is 18.5. The molecule has 0 aliphatic heterocycles. The molecule has 0 unspecified atom stereocenters. The van der Waals surface area contributed by atoms with Crippen molar-refractivity contribution in [3.05, 3.63) is 84.2 Å². The maximum atomic E-state index is 12.7. The van der Waals surface area contributed by atoms with Crippen LogP contribution in [0, 0.1) is 6.92 Å². The van der Waals surface area contributed by atoms with E-state index in [-0.39, 0.29) is 12.3 Å². The van der Waals surface area contributed by atoms with Gasteiger partial charge in [0.1, 0.15) is 11.5 Å². The minimum atomic E-state index is -3.46. The third-order valence-electron chi connectivity index (χ3n) is 4.11. The number of ether oxygens (including phenoxy) is 1. The van der Waals surface area contributed by atoms with Gasteiger partial charge in [-0.25, -0.2) is 8.42 Å². The molecule has 0 saturated carbocycles. The smallest absolute Gasteiger partial charge is 0.235 e. The highest BCUT2D eigenvalue weighted by molar-refractivity contribution is 7.92. The van der Waals surface area contributed by atoms with E-state index in [1.54, 1.807) is 43.6 Å². The lowest BCUT2D eigenvalue weighted by molar-refractivity contribution is 0.482. The van der Waals surface area contributed by atoms with Crippen molar-refractivity contribution >= 4 is 15.7 Å². The maximum absolute atomic E-state index is 12.7. The SMILES string of the molecule is CCS(=O)(=O)N(Cc1cccnc1)c1cccc(Oc2ccc(C)cc2)c1. The van der Waals surface area contributed by atoms with Crippen LogP contribution in [0.3, 0.4) is 0 Å². The molecular formula is C21H22N2O3S. The number of benzene rings is 2. The fourth-order valence-corrected chi connectivity index (χ4v) is 3.70. The minimum Gasteiger partial charge on any atom is -0.457 e. The van der Waals surface area contributed by atoms with Crippen LogP contribution in [0.25, 0.3) is 0 Å². The van der Waals surface area contributed by atoms with E-state index >= 15 is 0 Å². The maximum Gasteiger partial charge on any atom is 0.235 e. The number of aromatic nitrogens is 1. The molecule has 5 nitrogen and oxygen atoms in total. The van der Waals surface area contributed by atoms with Crippen LogP contribution in [0.2, 0.25) is 0 Å². The zero-order valence-corrected chi connectivity index (χ0v) is 16.2. The molecule has 0 spiro atoms. The fourth-order valence-electron chi connectivity index (χ4n) is 2.61. The molecule has 27 heavy (non-hydrogen) atoms. The first kappa shape index (κ1) is 18.9. The molecule has 3 rings (SSSR count). The Morgan fingerprint density at radius 3 is 2.44 bits per heavy atom. The number of sulfonamides is 1. The molecule has 0 atom stereocenters. The van der Waals surface area contributed by atoms with Gasteiger partial charge in [0.2, 0.25) is 10.0 Å². The Labute approximate surface area is 160 Å². The van der Waals surface area contributed by atoms with E-state index < -0.39 is 10.0 Å². The number of anilines is 1. The number of rotatable bonds is 7. The summed E-state index contributed by atoms with van der Waals surface area (Å²) >= 11 is 0. The van der Waals surface area contributed by atoms with E-state index in [2.05, 4.69) is 4.98 Å². The van der Waals surface area contributed by atoms with Crippen LogP contribution in [-0.2, 0) is 16.6 Å². The molecule has 140 valence electrons. The predicted octanol–water partition coefficient (Wildman–Crippen LogP) is 4.54. The zero-order valence-electron chi connectivity index (χ0n) is 15.4. The number of hydrogen-bond acceptors (Lipinski definition) is 4. The van der Waals surface area contributed by atoms with Crippen molar-refractivity contribution in [1.82, 2.24) is 4.98 Å². The van der Waals surface area contributed by atoms with Crippen molar-refractivity contribution in [3.8, 4) is 11.5 Å². The van der Waals surface area contributed by atoms with E-state index in [0.29, 0.717) is 17.2 Å². The lowest BCUT2D eigenvalue weighted by atomic mass is 10.2. The Kier molecular flexibility index (Phi) is 5.76. The van der Waals surface area contributed by atoms with Crippen LogP contribution in [0.1, 0.15) is 18.1 Å². The van der Waals surface area contributed by atoms with Crippen molar-refractivity contribution < 1.29 is 13.2 Å². The molecule has 0 saturated heterocycles. The molecule has 1 heterocycles. The summed E-state index contributed by atoms with van der Waals surface area (Å²) in [6.07, 6.45) is 3.34. The predicted molar refractivity (Wildman–Crippen MR) is 108 cm³/mol. The van der Waals surface area contributed by atoms with Gasteiger partial charge in [-0.2, -0.15) is 0 Å². The van der Waals surface area contributed by atoms with Crippen LogP contribution in [-0.4, -0.2) is 19.2 Å². The summed E-state index contributed by atoms with van der Waals surface area (Å²) in [6.45, 7) is 3.87. The summed E-state index contributed by atoms with van der Waals surface area (Å²) in [5.41, 5.74) is 2.53. The molecule has 0 radical (unpaired) electrons. The molecule has 0 bridgehead atoms. The highest BCUT2D eigenvalue weighted by atomic mass is 32.2. The Hall–Kier alpha value is -2.86. The molecule has 2 aromatic carbocycles. The number of hydrogen-bond donors (Lipinski definition) is 0. The van der Waals surface area contributed by atoms with Gasteiger partial charge in [0.05, 0.1) is 18.0 Å². The van der Waals surface area contributed by atoms with E-state index in [4.69, 9.17) is 4.74 Å². The van der Waals surface area contributed by atoms with E-state index in [0.717, 1.165) is 11.1 Å². The summed E-state index contributed by atoms with van der Waals surface area (Å²) in [7, 11) is -3.46. The molecule has 0 amide bonds. The quantitative estimate of drug-likeness (QED) is 0.602. The average Bonchev–Trinajstić information content (AvgIpc) is 2.69. The van der Waals surface area contributed by atoms with Crippen LogP contribution in [0.15, 0.2) is 73.1 Å². The largest absolute Gasteiger partial charge is 0.457 e. The second-order valence-corrected chi connectivity index (χ2v) is 8.36. The number of aryl methyl sites for hydroxylation is 1. The third-order valence-corrected chi connectivity index (χ3v) is 5.85. The Bertz CT molecular complexity index is 987. The fraction of sp³-hybridized carbons (Fsp3) is 0.190. The van der Waals surface area contributed by atoms with Crippen molar-refractivity contribution in [2.24, 2.45) is 0 Å². The minimum absolute atomic E-state index is 0.0102. The zero-order chi connectivity index (χ0) is 19.3. The first-order valence-corrected chi connectivity index (χ1v) is 10.3. The molecule has 0 fully saturated rings. The molecule has 3 aromatic rings. The van der Waals surface area contributed by atoms with Gasteiger partial charge in [-0.1, -0.05) is 29.8 Å². The van der Waals surface area contributed by atoms with E-state index in [9.17, 15) is 8.42 Å². The second kappa shape index (κ2) is 8.22. The highest BCUT2D eigenvalue weighted by Crippen LogP contribution is 2.28. The molecular weight excluding hydrogens is 360 g/mol. The normalized spacial score (nSPS) is 11.2. The van der Waals surface area contributed by atoms with Crippen LogP contribution in [0.5, 0.6) is 11.5 Å². The molecule has 0 aliphatic carbocycles. The van der Waals surface area contributed by atoms with Crippen molar-refractivity contribution in [1.29, 1.82) is 0 Å². The molecule has 0 N–H and O–H groups in total. The van der Waals surface area contributed by atoms with Gasteiger partial charge in [-0.05, 0) is 49.7 Å². The summed E-state index contributed by atoms with van der Waals surface area (Å²) in [5.74, 6) is 1.30. The standard InChI is InChI=1S/C21H22N2O3S/c1-3-27(24,25)23(16-18-6-5-13-22-15-18)19-7-4-8-21(14-19)26-20-11-9-17(2)10-12-20/h4-15H,3,16H2,1-2H3. The van der Waals surface area contributed by atoms with Gasteiger partial charge < -0.3 is 4.74 Å². The summed E-state index contributed by atoms with van der Waals surface area (Å²) in [5, 5.41) is 0. The summed E-state index contributed by atoms with van der Waals surface area (Å²) in [4.78, 5) is 4.07. The van der Waals surface area contributed by atoms with Crippen LogP contribution >= 0.6 is 0 Å². The number of nitrogens with zero attached hydrogens (tertiary/aromatic N) is 2. The monoisotopic (exact) mass is 382 g/mol. The van der Waals surface area contributed by atoms with Crippen molar-refractivity contribution in [3.63, 3.8) is 0 Å². The van der Waals surface area contributed by atoms with Crippen molar-refractivity contribution in [2.75, 3.05) is 10.1 Å². The highest BCUT2D eigenvalue weighted by Gasteiger charge is 2.21. The van der Waals surface area contributed by atoms with E-state index in [1.165, 1.54) is 4.31 Å². The topological polar surface area (TPSA) is 59.5 Å². The van der Waals surface area contributed by atoms with Gasteiger partial charge in [-0.15, -0.1) is 0 Å². The Morgan fingerprint density at radius 2 is 1.78 bits per heavy atom. The lowest BCUT2D eigenvalue weighted by Crippen LogP contribution is -2.31. The summed E-state index contributed by atoms with van der Waals surface area (Å²) < 4.78 is 32.6. The lowest BCUT2D eigenvalue weighted by Gasteiger charge is -2.24. The third kappa shape index (κ3) is 4.86. The second-order valence-electron chi connectivity index (χ2n) is 6.18. The van der Waals surface area contributed by atoms with Gasteiger partial charge in [0.25, 0.3) is 0 Å². The van der Waals surface area contributed by atoms with E-state index in [1.807, 2.05) is 43.3 Å². The van der Waals surface area contributed by atoms with Gasteiger partial charge >= 0.3 is 0 Å². The van der Waals surface area contributed by atoms with Crippen LogP contribution < -0.4 is 9.04 Å². The number of pyridine rings is 1.